The molecule has 0 radical (unpaired) electrons. The van der Waals surface area contributed by atoms with Crippen molar-refractivity contribution in [1.29, 1.82) is 0 Å². The number of amides is 2. The molecule has 0 aromatic heterocycles. The van der Waals surface area contributed by atoms with E-state index in [1.54, 1.807) is 24.3 Å². The van der Waals surface area contributed by atoms with Gasteiger partial charge >= 0.3 is 5.97 Å². The zero-order valence-electron chi connectivity index (χ0n) is 14.3. The molecular weight excluding hydrogens is 322 g/mol. The first-order chi connectivity index (χ1) is 12.1. The average molecular weight is 345 g/mol. The van der Waals surface area contributed by atoms with Gasteiger partial charge in [-0.3, -0.25) is 19.7 Å². The molecule has 2 aliphatic carbocycles. The summed E-state index contributed by atoms with van der Waals surface area (Å²) in [6, 6.07) is 6.60. The molecule has 0 aliphatic heterocycles. The van der Waals surface area contributed by atoms with Crippen molar-refractivity contribution >= 4 is 17.8 Å². The molecule has 6 heteroatoms. The molecule has 2 bridgehead atoms. The van der Waals surface area contributed by atoms with Crippen LogP contribution in [0.15, 0.2) is 24.3 Å². The van der Waals surface area contributed by atoms with E-state index in [0.29, 0.717) is 24.0 Å². The lowest BCUT2D eigenvalue weighted by molar-refractivity contribution is -0.149. The summed E-state index contributed by atoms with van der Waals surface area (Å²) < 4.78 is 10.1. The van der Waals surface area contributed by atoms with Gasteiger partial charge in [0.05, 0.1) is 12.7 Å². The molecule has 2 saturated carbocycles. The van der Waals surface area contributed by atoms with Gasteiger partial charge in [0.25, 0.3) is 11.8 Å². The zero-order chi connectivity index (χ0) is 17.8. The van der Waals surface area contributed by atoms with Crippen LogP contribution in [0.3, 0.4) is 0 Å². The highest BCUT2D eigenvalue weighted by molar-refractivity contribution is 6.06. The average Bonchev–Trinajstić information content (AvgIpc) is 3.22. The van der Waals surface area contributed by atoms with Crippen LogP contribution in [0, 0.1) is 17.8 Å². The SMILES string of the molecule is COc1ccccc1C(=O)NC(=O)COC(=O)C[C@H]1C[C@H]2CC[C@@H]1C2. The number of methoxy groups -OCH3 is 1. The van der Waals surface area contributed by atoms with Crippen LogP contribution in [-0.4, -0.2) is 31.5 Å². The molecule has 0 heterocycles. The summed E-state index contributed by atoms with van der Waals surface area (Å²) in [4.78, 5) is 35.9. The Hall–Kier alpha value is -2.37. The van der Waals surface area contributed by atoms with Crippen LogP contribution in [0.4, 0.5) is 0 Å². The first-order valence-corrected chi connectivity index (χ1v) is 8.69. The van der Waals surface area contributed by atoms with Crippen LogP contribution < -0.4 is 10.1 Å². The van der Waals surface area contributed by atoms with E-state index >= 15 is 0 Å². The highest BCUT2D eigenvalue weighted by Crippen LogP contribution is 2.49. The van der Waals surface area contributed by atoms with Crippen molar-refractivity contribution in [2.45, 2.75) is 32.1 Å². The van der Waals surface area contributed by atoms with Crippen molar-refractivity contribution < 1.29 is 23.9 Å². The number of benzene rings is 1. The van der Waals surface area contributed by atoms with E-state index in [1.165, 1.54) is 26.4 Å². The summed E-state index contributed by atoms with van der Waals surface area (Å²) in [6.07, 6.45) is 5.18. The number of hydrogen-bond donors (Lipinski definition) is 1. The summed E-state index contributed by atoms with van der Waals surface area (Å²) in [5, 5.41) is 2.21. The van der Waals surface area contributed by atoms with Gasteiger partial charge in [0, 0.05) is 6.42 Å². The molecule has 1 aromatic carbocycles. The highest BCUT2D eigenvalue weighted by atomic mass is 16.5. The van der Waals surface area contributed by atoms with E-state index < -0.39 is 18.4 Å². The second kappa shape index (κ2) is 7.68. The summed E-state index contributed by atoms with van der Waals surface area (Å²) in [5.41, 5.74) is 0.256. The monoisotopic (exact) mass is 345 g/mol. The van der Waals surface area contributed by atoms with Crippen LogP contribution in [0.5, 0.6) is 5.75 Å². The van der Waals surface area contributed by atoms with Crippen molar-refractivity contribution in [3.63, 3.8) is 0 Å². The Balaban J connectivity index is 1.43. The Morgan fingerprint density at radius 2 is 1.96 bits per heavy atom. The van der Waals surface area contributed by atoms with E-state index in [9.17, 15) is 14.4 Å². The summed E-state index contributed by atoms with van der Waals surface area (Å²) in [5.74, 6) is 0.593. The molecule has 2 fully saturated rings. The van der Waals surface area contributed by atoms with Gasteiger partial charge in [0.2, 0.25) is 0 Å². The molecule has 3 rings (SSSR count). The number of esters is 1. The molecule has 1 N–H and O–H groups in total. The minimum absolute atomic E-state index is 0.256. The lowest BCUT2D eigenvalue weighted by Gasteiger charge is -2.20. The number of nitrogens with one attached hydrogen (secondary N) is 1. The number of fused-ring (bicyclic) bond motifs is 2. The lowest BCUT2D eigenvalue weighted by atomic mass is 9.86. The van der Waals surface area contributed by atoms with Gasteiger partial charge in [0.15, 0.2) is 6.61 Å². The van der Waals surface area contributed by atoms with E-state index in [-0.39, 0.29) is 11.5 Å². The largest absolute Gasteiger partial charge is 0.496 e. The maximum atomic E-state index is 12.1. The Bertz CT molecular complexity index is 672. The predicted octanol–water partition coefficient (Wildman–Crippen LogP) is 2.32. The molecular formula is C19H23NO5. The summed E-state index contributed by atoms with van der Waals surface area (Å²) >= 11 is 0. The quantitative estimate of drug-likeness (QED) is 0.800. The number of carbonyl (C=O) groups excluding carboxylic acids is 3. The van der Waals surface area contributed by atoms with E-state index in [4.69, 9.17) is 9.47 Å². The maximum absolute atomic E-state index is 12.1. The third-order valence-corrected chi connectivity index (χ3v) is 5.28. The van der Waals surface area contributed by atoms with Gasteiger partial charge in [-0.1, -0.05) is 18.6 Å². The Morgan fingerprint density at radius 1 is 1.16 bits per heavy atom. The van der Waals surface area contributed by atoms with Gasteiger partial charge < -0.3 is 9.47 Å². The van der Waals surface area contributed by atoms with Crippen LogP contribution in [0.25, 0.3) is 0 Å². The van der Waals surface area contributed by atoms with Crippen molar-refractivity contribution in [2.75, 3.05) is 13.7 Å². The molecule has 3 atom stereocenters. The summed E-state index contributed by atoms with van der Waals surface area (Å²) in [6.45, 7) is -0.444. The highest BCUT2D eigenvalue weighted by Gasteiger charge is 2.40. The number of carbonyl (C=O) groups is 3. The van der Waals surface area contributed by atoms with Crippen LogP contribution in [-0.2, 0) is 14.3 Å². The van der Waals surface area contributed by atoms with Crippen molar-refractivity contribution in [3.05, 3.63) is 29.8 Å². The molecule has 2 amide bonds. The van der Waals surface area contributed by atoms with Crippen molar-refractivity contribution in [2.24, 2.45) is 17.8 Å². The van der Waals surface area contributed by atoms with E-state index in [1.807, 2.05) is 0 Å². The fraction of sp³-hybridized carbons (Fsp3) is 0.526. The summed E-state index contributed by atoms with van der Waals surface area (Å²) in [7, 11) is 1.45. The molecule has 0 spiro atoms. The number of rotatable bonds is 6. The van der Waals surface area contributed by atoms with Gasteiger partial charge in [-0.05, 0) is 49.1 Å². The van der Waals surface area contributed by atoms with Crippen LogP contribution in [0.1, 0.15) is 42.5 Å². The first kappa shape index (κ1) is 17.5. The number of hydrogen-bond acceptors (Lipinski definition) is 5. The third-order valence-electron chi connectivity index (χ3n) is 5.28. The van der Waals surface area contributed by atoms with Crippen molar-refractivity contribution in [1.82, 2.24) is 5.32 Å². The minimum Gasteiger partial charge on any atom is -0.496 e. The van der Waals surface area contributed by atoms with Gasteiger partial charge in [0.1, 0.15) is 5.75 Å². The fourth-order valence-corrected chi connectivity index (χ4v) is 4.11. The Kier molecular flexibility index (Phi) is 5.36. The van der Waals surface area contributed by atoms with Crippen LogP contribution in [0.2, 0.25) is 0 Å². The van der Waals surface area contributed by atoms with Gasteiger partial charge in [-0.15, -0.1) is 0 Å². The molecule has 2 aliphatic rings. The fourth-order valence-electron chi connectivity index (χ4n) is 4.11. The number of para-hydroxylation sites is 1. The molecule has 0 unspecified atom stereocenters. The van der Waals surface area contributed by atoms with E-state index in [2.05, 4.69) is 5.32 Å². The molecule has 0 saturated heterocycles. The van der Waals surface area contributed by atoms with Crippen molar-refractivity contribution in [3.8, 4) is 5.75 Å². The minimum atomic E-state index is -0.641. The lowest BCUT2D eigenvalue weighted by Crippen LogP contribution is -2.34. The third kappa shape index (κ3) is 4.18. The molecule has 25 heavy (non-hydrogen) atoms. The number of ether oxygens (including phenoxy) is 2. The van der Waals surface area contributed by atoms with E-state index in [0.717, 1.165) is 12.3 Å². The topological polar surface area (TPSA) is 81.7 Å². The molecule has 1 aromatic rings. The second-order valence-corrected chi connectivity index (χ2v) is 6.88. The standard InChI is InChI=1S/C19H23NO5/c1-24-16-5-3-2-4-15(16)19(23)20-17(21)11-25-18(22)10-14-9-12-6-7-13(14)8-12/h2-5,12-14H,6-11H2,1H3,(H,20,21,23)/t12-,13+,14+/m0/s1. The van der Waals surface area contributed by atoms with Gasteiger partial charge in [-0.25, -0.2) is 0 Å². The Labute approximate surface area is 146 Å². The second-order valence-electron chi connectivity index (χ2n) is 6.88. The first-order valence-electron chi connectivity index (χ1n) is 8.69. The zero-order valence-corrected chi connectivity index (χ0v) is 14.3. The van der Waals surface area contributed by atoms with Gasteiger partial charge in [-0.2, -0.15) is 0 Å². The molecule has 6 nitrogen and oxygen atoms in total. The predicted molar refractivity (Wildman–Crippen MR) is 90.0 cm³/mol. The maximum Gasteiger partial charge on any atom is 0.306 e. The smallest absolute Gasteiger partial charge is 0.306 e. The number of imide groups is 1. The normalized spacial score (nSPS) is 24.0. The molecule has 134 valence electrons. The van der Waals surface area contributed by atoms with Crippen LogP contribution >= 0.6 is 0 Å². The Morgan fingerprint density at radius 3 is 2.64 bits per heavy atom.